The molecule has 1 amide bonds. The van der Waals surface area contributed by atoms with Crippen LogP contribution in [0, 0.1) is 5.92 Å². The number of likely N-dealkylation sites (tertiary alicyclic amines) is 1. The highest BCUT2D eigenvalue weighted by Crippen LogP contribution is 2.25. The fourth-order valence-corrected chi connectivity index (χ4v) is 3.92. The quantitative estimate of drug-likeness (QED) is 0.648. The highest BCUT2D eigenvalue weighted by Gasteiger charge is 2.26. The van der Waals surface area contributed by atoms with Crippen molar-refractivity contribution in [1.29, 1.82) is 0 Å². The van der Waals surface area contributed by atoms with E-state index >= 15 is 0 Å². The number of benzene rings is 2. The maximum atomic E-state index is 12.7. The molecular weight excluding hydrogens is 411 g/mol. The summed E-state index contributed by atoms with van der Waals surface area (Å²) in [6.07, 6.45) is 1.79. The predicted octanol–water partition coefficient (Wildman–Crippen LogP) is 5.02. The number of carbonyl (C=O) groups excluding carboxylic acids is 2. The molecule has 0 aliphatic carbocycles. The SMILES string of the molecule is CCOC(=O)c1ccc(NC(=O)[C@@H]2CCCN(Cc3ccc(Cl)cc3Cl)C2)cc1. The third kappa shape index (κ3) is 5.95. The molecule has 2 aromatic rings. The first kappa shape index (κ1) is 21.6. The molecule has 0 bridgehead atoms. The van der Waals surface area contributed by atoms with Gasteiger partial charge in [-0.2, -0.15) is 0 Å². The maximum absolute atomic E-state index is 12.7. The van der Waals surface area contributed by atoms with E-state index in [1.165, 1.54) is 0 Å². The van der Waals surface area contributed by atoms with Gasteiger partial charge in [-0.1, -0.05) is 29.3 Å². The number of rotatable bonds is 6. The average Bonchev–Trinajstić information content (AvgIpc) is 2.71. The van der Waals surface area contributed by atoms with Crippen LogP contribution in [0.3, 0.4) is 0 Å². The summed E-state index contributed by atoms with van der Waals surface area (Å²) in [7, 11) is 0. The second-order valence-corrected chi connectivity index (χ2v) is 7.94. The van der Waals surface area contributed by atoms with Crippen LogP contribution in [0.25, 0.3) is 0 Å². The van der Waals surface area contributed by atoms with Crippen LogP contribution in [-0.2, 0) is 16.1 Å². The summed E-state index contributed by atoms with van der Waals surface area (Å²) in [5.41, 5.74) is 2.14. The summed E-state index contributed by atoms with van der Waals surface area (Å²) in [6, 6.07) is 12.3. The van der Waals surface area contributed by atoms with Crippen molar-refractivity contribution in [3.63, 3.8) is 0 Å². The topological polar surface area (TPSA) is 58.6 Å². The van der Waals surface area contributed by atoms with Gasteiger partial charge in [-0.15, -0.1) is 0 Å². The lowest BCUT2D eigenvalue weighted by Gasteiger charge is -2.32. The number of nitrogens with one attached hydrogen (secondary N) is 1. The number of hydrogen-bond acceptors (Lipinski definition) is 4. The molecule has 1 N–H and O–H groups in total. The second-order valence-electron chi connectivity index (χ2n) is 7.10. The Bertz CT molecular complexity index is 871. The molecule has 1 fully saturated rings. The molecule has 29 heavy (non-hydrogen) atoms. The highest BCUT2D eigenvalue weighted by atomic mass is 35.5. The van der Waals surface area contributed by atoms with E-state index in [4.69, 9.17) is 27.9 Å². The Kier molecular flexibility index (Phi) is 7.53. The minimum atomic E-state index is -0.367. The fraction of sp³-hybridized carbons (Fsp3) is 0.364. The molecule has 154 valence electrons. The lowest BCUT2D eigenvalue weighted by atomic mass is 9.96. The van der Waals surface area contributed by atoms with Gasteiger partial charge in [-0.3, -0.25) is 9.69 Å². The Morgan fingerprint density at radius 2 is 1.93 bits per heavy atom. The summed E-state index contributed by atoms with van der Waals surface area (Å²) in [5, 5.41) is 4.21. The number of carbonyl (C=O) groups is 2. The van der Waals surface area contributed by atoms with Crippen molar-refractivity contribution >= 4 is 40.8 Å². The zero-order valence-electron chi connectivity index (χ0n) is 16.3. The summed E-state index contributed by atoms with van der Waals surface area (Å²) in [5.74, 6) is -0.477. The number of anilines is 1. The first-order valence-corrected chi connectivity index (χ1v) is 10.5. The number of esters is 1. The summed E-state index contributed by atoms with van der Waals surface area (Å²) in [6.45, 7) is 4.38. The standard InChI is InChI=1S/C22H24Cl2N2O3/c1-2-29-22(28)15-6-9-19(10-7-15)25-21(27)17-4-3-11-26(14-17)13-16-5-8-18(23)12-20(16)24/h5-10,12,17H,2-4,11,13-14H2,1H3,(H,25,27)/t17-/m1/s1. The Morgan fingerprint density at radius 3 is 2.62 bits per heavy atom. The van der Waals surface area contributed by atoms with E-state index < -0.39 is 0 Å². The van der Waals surface area contributed by atoms with Crippen molar-refractivity contribution in [1.82, 2.24) is 4.90 Å². The van der Waals surface area contributed by atoms with Crippen LogP contribution in [0.2, 0.25) is 10.0 Å². The predicted molar refractivity (Wildman–Crippen MR) is 115 cm³/mol. The molecule has 1 atom stereocenters. The van der Waals surface area contributed by atoms with Gasteiger partial charge in [0.05, 0.1) is 18.1 Å². The molecule has 1 heterocycles. The fourth-order valence-electron chi connectivity index (χ4n) is 3.45. The molecule has 0 unspecified atom stereocenters. The van der Waals surface area contributed by atoms with Crippen LogP contribution in [0.4, 0.5) is 5.69 Å². The molecule has 0 spiro atoms. The van der Waals surface area contributed by atoms with Crippen molar-refractivity contribution in [2.24, 2.45) is 5.92 Å². The average molecular weight is 435 g/mol. The van der Waals surface area contributed by atoms with E-state index in [1.807, 2.05) is 12.1 Å². The van der Waals surface area contributed by atoms with Crippen molar-refractivity contribution < 1.29 is 14.3 Å². The van der Waals surface area contributed by atoms with Crippen molar-refractivity contribution in [2.75, 3.05) is 25.0 Å². The third-order valence-electron chi connectivity index (χ3n) is 4.95. The molecule has 1 aliphatic rings. The Morgan fingerprint density at radius 1 is 1.17 bits per heavy atom. The van der Waals surface area contributed by atoms with Gasteiger partial charge in [-0.25, -0.2) is 4.79 Å². The maximum Gasteiger partial charge on any atom is 0.338 e. The molecular formula is C22H24Cl2N2O3. The van der Waals surface area contributed by atoms with Gasteiger partial charge in [-0.05, 0) is 68.3 Å². The Hall–Kier alpha value is -2.08. The van der Waals surface area contributed by atoms with Crippen LogP contribution < -0.4 is 5.32 Å². The van der Waals surface area contributed by atoms with E-state index in [1.54, 1.807) is 37.3 Å². The highest BCUT2D eigenvalue weighted by molar-refractivity contribution is 6.35. The minimum absolute atomic E-state index is 0.0132. The van der Waals surface area contributed by atoms with Gasteiger partial charge in [0.25, 0.3) is 0 Å². The number of nitrogens with zero attached hydrogens (tertiary/aromatic N) is 1. The molecule has 3 rings (SSSR count). The number of hydrogen-bond donors (Lipinski definition) is 1. The smallest absolute Gasteiger partial charge is 0.338 e. The van der Waals surface area contributed by atoms with Crippen LogP contribution in [0.5, 0.6) is 0 Å². The Balaban J connectivity index is 1.57. The molecule has 0 saturated carbocycles. The van der Waals surface area contributed by atoms with Gasteiger partial charge in [0, 0.05) is 28.8 Å². The van der Waals surface area contributed by atoms with Crippen molar-refractivity contribution in [2.45, 2.75) is 26.3 Å². The van der Waals surface area contributed by atoms with Gasteiger partial charge >= 0.3 is 5.97 Å². The molecule has 0 radical (unpaired) electrons. The van der Waals surface area contributed by atoms with Gasteiger partial charge in [0.15, 0.2) is 0 Å². The van der Waals surface area contributed by atoms with E-state index in [2.05, 4.69) is 10.2 Å². The van der Waals surface area contributed by atoms with Crippen LogP contribution in [-0.4, -0.2) is 36.5 Å². The van der Waals surface area contributed by atoms with Crippen LogP contribution in [0.15, 0.2) is 42.5 Å². The van der Waals surface area contributed by atoms with Crippen LogP contribution >= 0.6 is 23.2 Å². The van der Waals surface area contributed by atoms with E-state index in [0.717, 1.165) is 24.9 Å². The lowest BCUT2D eigenvalue weighted by molar-refractivity contribution is -0.121. The van der Waals surface area contributed by atoms with Crippen LogP contribution in [0.1, 0.15) is 35.7 Å². The zero-order chi connectivity index (χ0) is 20.8. The zero-order valence-corrected chi connectivity index (χ0v) is 17.8. The molecule has 0 aromatic heterocycles. The Labute approximate surface area is 180 Å². The number of ether oxygens (including phenoxy) is 1. The first-order valence-electron chi connectivity index (χ1n) is 9.70. The number of amides is 1. The van der Waals surface area contributed by atoms with E-state index in [0.29, 0.717) is 41.0 Å². The molecule has 5 nitrogen and oxygen atoms in total. The molecule has 1 saturated heterocycles. The van der Waals surface area contributed by atoms with E-state index in [9.17, 15) is 9.59 Å². The number of piperidine rings is 1. The van der Waals surface area contributed by atoms with Gasteiger partial charge in [0.1, 0.15) is 0 Å². The largest absolute Gasteiger partial charge is 0.462 e. The van der Waals surface area contributed by atoms with E-state index in [-0.39, 0.29) is 17.8 Å². The third-order valence-corrected chi connectivity index (χ3v) is 5.54. The van der Waals surface area contributed by atoms with Gasteiger partial charge in [0.2, 0.25) is 5.91 Å². The normalized spacial score (nSPS) is 17.0. The summed E-state index contributed by atoms with van der Waals surface area (Å²) in [4.78, 5) is 26.7. The molecule has 1 aliphatic heterocycles. The first-order chi connectivity index (χ1) is 14.0. The van der Waals surface area contributed by atoms with Gasteiger partial charge < -0.3 is 10.1 Å². The summed E-state index contributed by atoms with van der Waals surface area (Å²) < 4.78 is 4.97. The molecule has 2 aromatic carbocycles. The summed E-state index contributed by atoms with van der Waals surface area (Å²) >= 11 is 12.3. The van der Waals surface area contributed by atoms with Crippen molar-refractivity contribution in [3.05, 3.63) is 63.6 Å². The molecule has 7 heteroatoms. The lowest BCUT2D eigenvalue weighted by Crippen LogP contribution is -2.40. The number of halogens is 2. The minimum Gasteiger partial charge on any atom is -0.462 e. The monoisotopic (exact) mass is 434 g/mol. The van der Waals surface area contributed by atoms with Crippen molar-refractivity contribution in [3.8, 4) is 0 Å². The second kappa shape index (κ2) is 10.1.